The SMILES string of the molecule is C[C@@H]1C(=O)O[C@@H]2[C@H]1[C@@]13O[C@@H]4OC(=O)[C@@H](O)[C@@]45[C@H](C(C)(C)C)[C@@H](O)[C@@H](OC1=O)C53[C@H]2O. The number of aliphatic hydroxyl groups excluding tert-OH is 3. The largest absolute Gasteiger partial charge is 0.459 e. The Kier molecular flexibility index (Phi) is 3.06. The summed E-state index contributed by atoms with van der Waals surface area (Å²) in [6, 6.07) is 0. The van der Waals surface area contributed by atoms with Gasteiger partial charge in [0.1, 0.15) is 18.3 Å². The van der Waals surface area contributed by atoms with Crippen molar-refractivity contribution in [2.24, 2.45) is 34.0 Å². The Balaban J connectivity index is 1.71. The van der Waals surface area contributed by atoms with E-state index in [1.165, 1.54) is 0 Å². The zero-order valence-electron chi connectivity index (χ0n) is 16.9. The minimum Gasteiger partial charge on any atom is -0.459 e. The van der Waals surface area contributed by atoms with Crippen LogP contribution in [-0.4, -0.2) is 75.6 Å². The summed E-state index contributed by atoms with van der Waals surface area (Å²) in [4.78, 5) is 38.2. The first-order valence-electron chi connectivity index (χ1n) is 10.2. The molecule has 6 rings (SSSR count). The maximum atomic E-state index is 13.3. The van der Waals surface area contributed by atoms with Crippen molar-refractivity contribution >= 4 is 17.9 Å². The van der Waals surface area contributed by atoms with Gasteiger partial charge in [-0.3, -0.25) is 4.79 Å². The zero-order chi connectivity index (χ0) is 21.8. The molecule has 0 bridgehead atoms. The number of hydrogen-bond donors (Lipinski definition) is 3. The van der Waals surface area contributed by atoms with E-state index >= 15 is 0 Å². The van der Waals surface area contributed by atoms with Crippen LogP contribution in [0, 0.1) is 34.0 Å². The molecule has 6 fully saturated rings. The minimum atomic E-state index is -1.89. The summed E-state index contributed by atoms with van der Waals surface area (Å²) in [7, 11) is 0. The second kappa shape index (κ2) is 4.85. The molecule has 0 aromatic carbocycles. The molecule has 12 atom stereocenters. The van der Waals surface area contributed by atoms with E-state index < -0.39 is 94.3 Å². The van der Waals surface area contributed by atoms with Crippen molar-refractivity contribution in [1.29, 1.82) is 0 Å². The fourth-order valence-electron chi connectivity index (χ4n) is 8.28. The summed E-state index contributed by atoms with van der Waals surface area (Å²) in [5, 5.41) is 34.2. The van der Waals surface area contributed by atoms with E-state index in [0.29, 0.717) is 0 Å². The van der Waals surface area contributed by atoms with Gasteiger partial charge in [-0.15, -0.1) is 0 Å². The fourth-order valence-corrected chi connectivity index (χ4v) is 8.28. The summed E-state index contributed by atoms with van der Waals surface area (Å²) in [5.41, 5.74) is -5.96. The number of carbonyl (C=O) groups is 3. The van der Waals surface area contributed by atoms with Gasteiger partial charge in [-0.2, -0.15) is 0 Å². The van der Waals surface area contributed by atoms with Gasteiger partial charge < -0.3 is 34.3 Å². The van der Waals surface area contributed by atoms with Crippen molar-refractivity contribution in [3.8, 4) is 0 Å². The molecule has 2 spiro atoms. The molecular formula is C20H24O10. The highest BCUT2D eigenvalue weighted by molar-refractivity contribution is 5.92. The van der Waals surface area contributed by atoms with Gasteiger partial charge in [0.2, 0.25) is 6.29 Å². The number of rotatable bonds is 0. The lowest BCUT2D eigenvalue weighted by atomic mass is 9.51. The Morgan fingerprint density at radius 3 is 2.27 bits per heavy atom. The molecule has 0 aromatic heterocycles. The van der Waals surface area contributed by atoms with Crippen molar-refractivity contribution in [3.05, 3.63) is 0 Å². The molecule has 0 radical (unpaired) electrons. The molecule has 10 heteroatoms. The van der Waals surface area contributed by atoms with Crippen LogP contribution >= 0.6 is 0 Å². The summed E-state index contributed by atoms with van der Waals surface area (Å²) in [5.74, 6) is -4.90. The molecule has 10 nitrogen and oxygen atoms in total. The van der Waals surface area contributed by atoms with E-state index in [2.05, 4.69) is 0 Å². The molecule has 3 N–H and O–H groups in total. The van der Waals surface area contributed by atoms with Crippen molar-refractivity contribution in [2.45, 2.75) is 70.1 Å². The predicted molar refractivity (Wildman–Crippen MR) is 91.9 cm³/mol. The average molecular weight is 424 g/mol. The maximum Gasteiger partial charge on any atom is 0.340 e. The Hall–Kier alpha value is -1.75. The van der Waals surface area contributed by atoms with Gasteiger partial charge in [-0.25, -0.2) is 9.59 Å². The number of ether oxygens (including phenoxy) is 4. The lowest BCUT2D eigenvalue weighted by Gasteiger charge is -2.47. The molecule has 4 heterocycles. The number of hydrogen-bond acceptors (Lipinski definition) is 10. The zero-order valence-corrected chi connectivity index (χ0v) is 16.9. The molecule has 164 valence electrons. The van der Waals surface area contributed by atoms with Crippen molar-refractivity contribution < 1.29 is 48.7 Å². The van der Waals surface area contributed by atoms with Gasteiger partial charge in [-0.05, 0) is 5.41 Å². The van der Waals surface area contributed by atoms with Crippen LogP contribution in [0.25, 0.3) is 0 Å². The second-order valence-corrected chi connectivity index (χ2v) is 10.6. The Morgan fingerprint density at radius 1 is 0.967 bits per heavy atom. The van der Waals surface area contributed by atoms with Gasteiger partial charge >= 0.3 is 17.9 Å². The standard InChI is InChI=1S/C20H24O10/c1-5-6-8(27-13(5)24)10(22)19-12-7(21)9(17(2,3)4)18(19)11(23)14(25)29-16(18)30-20(6,19)15(26)28-12/h5-12,16,21-23H,1-4H3/t5-,6-,7+,8+,9-,10-,11+,12+,16-,18-,19?,20+/m0/s1. The third kappa shape index (κ3) is 1.40. The highest BCUT2D eigenvalue weighted by atomic mass is 16.7. The number of fused-ring (bicyclic) bond motifs is 1. The predicted octanol–water partition coefficient (Wildman–Crippen LogP) is -1.51. The van der Waals surface area contributed by atoms with E-state index in [1.54, 1.807) is 6.92 Å². The number of esters is 3. The van der Waals surface area contributed by atoms with Crippen LogP contribution in [0.5, 0.6) is 0 Å². The molecule has 30 heavy (non-hydrogen) atoms. The van der Waals surface area contributed by atoms with Gasteiger partial charge in [0.15, 0.2) is 11.7 Å². The van der Waals surface area contributed by atoms with Gasteiger partial charge in [0.05, 0.1) is 28.8 Å². The van der Waals surface area contributed by atoms with Crippen LogP contribution < -0.4 is 0 Å². The Morgan fingerprint density at radius 2 is 1.63 bits per heavy atom. The summed E-state index contributed by atoms with van der Waals surface area (Å²) < 4.78 is 22.7. The molecule has 2 saturated carbocycles. The van der Waals surface area contributed by atoms with E-state index in [-0.39, 0.29) is 0 Å². The van der Waals surface area contributed by atoms with Crippen molar-refractivity contribution in [1.82, 2.24) is 0 Å². The van der Waals surface area contributed by atoms with Crippen LogP contribution in [0.3, 0.4) is 0 Å². The van der Waals surface area contributed by atoms with Gasteiger partial charge in [0, 0.05) is 5.92 Å². The van der Waals surface area contributed by atoms with E-state index in [9.17, 15) is 29.7 Å². The highest BCUT2D eigenvalue weighted by Crippen LogP contribution is 2.83. The molecule has 6 aliphatic rings. The second-order valence-electron chi connectivity index (χ2n) is 10.6. The lowest BCUT2D eigenvalue weighted by molar-refractivity contribution is -0.208. The Bertz CT molecular complexity index is 910. The van der Waals surface area contributed by atoms with Gasteiger partial charge in [-0.1, -0.05) is 27.7 Å². The van der Waals surface area contributed by atoms with Crippen LogP contribution in [0.4, 0.5) is 0 Å². The van der Waals surface area contributed by atoms with Crippen molar-refractivity contribution in [2.75, 3.05) is 0 Å². The first-order valence-corrected chi connectivity index (χ1v) is 10.2. The van der Waals surface area contributed by atoms with Crippen LogP contribution in [0.1, 0.15) is 27.7 Å². The molecule has 4 aliphatic heterocycles. The van der Waals surface area contributed by atoms with Gasteiger partial charge in [0.25, 0.3) is 0 Å². The normalized spacial score (nSPS) is 60.1. The first kappa shape index (κ1) is 19.0. The molecule has 2 aliphatic carbocycles. The Labute approximate surface area is 171 Å². The number of carbonyl (C=O) groups excluding carboxylic acids is 3. The van der Waals surface area contributed by atoms with Crippen LogP contribution in [0.2, 0.25) is 0 Å². The van der Waals surface area contributed by atoms with E-state index in [0.717, 1.165) is 0 Å². The summed E-state index contributed by atoms with van der Waals surface area (Å²) >= 11 is 0. The molecule has 0 aromatic rings. The third-order valence-electron chi connectivity index (χ3n) is 8.76. The fraction of sp³-hybridized carbons (Fsp3) is 0.850. The van der Waals surface area contributed by atoms with E-state index in [4.69, 9.17) is 18.9 Å². The van der Waals surface area contributed by atoms with E-state index in [1.807, 2.05) is 20.8 Å². The molecule has 0 amide bonds. The van der Waals surface area contributed by atoms with Crippen molar-refractivity contribution in [3.63, 3.8) is 0 Å². The summed E-state index contributed by atoms with van der Waals surface area (Å²) in [6.07, 6.45) is -8.29. The monoisotopic (exact) mass is 424 g/mol. The topological polar surface area (TPSA) is 149 Å². The van der Waals surface area contributed by atoms with Crippen LogP contribution in [-0.2, 0) is 33.3 Å². The maximum absolute atomic E-state index is 13.3. The lowest BCUT2D eigenvalue weighted by Crippen LogP contribution is -2.63. The third-order valence-corrected chi connectivity index (χ3v) is 8.76. The first-order chi connectivity index (χ1) is 13.9. The average Bonchev–Trinajstić information content (AvgIpc) is 3.34. The highest BCUT2D eigenvalue weighted by Gasteiger charge is 3.01. The smallest absolute Gasteiger partial charge is 0.340 e. The quantitative estimate of drug-likeness (QED) is 0.309. The minimum absolute atomic E-state index is 0.581. The molecular weight excluding hydrogens is 400 g/mol. The van der Waals surface area contributed by atoms with Crippen LogP contribution in [0.15, 0.2) is 0 Å². The molecule has 1 unspecified atom stereocenters. The molecule has 4 saturated heterocycles. The number of aliphatic hydroxyl groups is 3. The summed E-state index contributed by atoms with van der Waals surface area (Å²) in [6.45, 7) is 7.05.